The molecule has 3 aromatic carbocycles. The minimum Gasteiger partial charge on any atom is -0.495 e. The quantitative estimate of drug-likeness (QED) is 0.463. The lowest BCUT2D eigenvalue weighted by Gasteiger charge is -2.14. The Labute approximate surface area is 185 Å². The first-order valence-electron chi connectivity index (χ1n) is 10.0. The molecule has 0 atom stereocenters. The van der Waals surface area contributed by atoms with Crippen LogP contribution in [0, 0.1) is 0 Å². The molecule has 32 heavy (non-hydrogen) atoms. The number of benzene rings is 3. The molecule has 0 bridgehead atoms. The summed E-state index contributed by atoms with van der Waals surface area (Å²) >= 11 is 0. The number of hydrogen-bond donors (Lipinski definition) is 2. The van der Waals surface area contributed by atoms with E-state index in [1.54, 1.807) is 24.3 Å². The van der Waals surface area contributed by atoms with E-state index in [-0.39, 0.29) is 5.56 Å². The summed E-state index contributed by atoms with van der Waals surface area (Å²) < 4.78 is 5.35. The molecule has 4 rings (SSSR count). The molecule has 0 unspecified atom stereocenters. The van der Waals surface area contributed by atoms with E-state index >= 15 is 0 Å². The Kier molecular flexibility index (Phi) is 6.22. The van der Waals surface area contributed by atoms with Gasteiger partial charge in [-0.2, -0.15) is 4.98 Å². The smallest absolute Gasteiger partial charge is 0.345 e. The van der Waals surface area contributed by atoms with Gasteiger partial charge in [0.1, 0.15) is 5.75 Å². The molecule has 6 heteroatoms. The van der Waals surface area contributed by atoms with Crippen molar-refractivity contribution in [3.63, 3.8) is 0 Å². The van der Waals surface area contributed by atoms with Gasteiger partial charge in [-0.05, 0) is 23.8 Å². The first kappa shape index (κ1) is 20.8. The van der Waals surface area contributed by atoms with Gasteiger partial charge in [0.2, 0.25) is 0 Å². The third-order valence-corrected chi connectivity index (χ3v) is 4.83. The Morgan fingerprint density at radius 3 is 2.28 bits per heavy atom. The molecule has 1 amide bonds. The van der Waals surface area contributed by atoms with Crippen LogP contribution >= 0.6 is 0 Å². The van der Waals surface area contributed by atoms with Crippen LogP contribution < -0.4 is 15.7 Å². The van der Waals surface area contributed by atoms with E-state index in [0.717, 1.165) is 5.56 Å². The zero-order valence-corrected chi connectivity index (χ0v) is 17.4. The van der Waals surface area contributed by atoms with E-state index in [1.165, 1.54) is 7.11 Å². The molecule has 0 radical (unpaired) electrons. The van der Waals surface area contributed by atoms with E-state index < -0.39 is 11.6 Å². The fourth-order valence-electron chi connectivity index (χ4n) is 3.33. The SMILES string of the molecule is COc1ccccc1NC(=O)c1c(-c2ccccc2)nc(=O)[nH]c1/C=C/c1ccccc1. The van der Waals surface area contributed by atoms with Gasteiger partial charge < -0.3 is 15.0 Å². The van der Waals surface area contributed by atoms with E-state index in [9.17, 15) is 9.59 Å². The number of nitrogens with one attached hydrogen (secondary N) is 2. The van der Waals surface area contributed by atoms with Crippen molar-refractivity contribution < 1.29 is 9.53 Å². The number of amides is 1. The number of hydrogen-bond acceptors (Lipinski definition) is 4. The molecule has 0 saturated heterocycles. The normalized spacial score (nSPS) is 10.8. The predicted octanol–water partition coefficient (Wildman–Crippen LogP) is 4.87. The van der Waals surface area contributed by atoms with Crippen molar-refractivity contribution in [2.75, 3.05) is 12.4 Å². The van der Waals surface area contributed by atoms with E-state index in [0.29, 0.717) is 28.4 Å². The fraction of sp³-hybridized carbons (Fsp3) is 0.0385. The predicted molar refractivity (Wildman–Crippen MR) is 127 cm³/mol. The maximum Gasteiger partial charge on any atom is 0.345 e. The van der Waals surface area contributed by atoms with Crippen molar-refractivity contribution in [2.24, 2.45) is 0 Å². The Bertz CT molecular complexity index is 1310. The summed E-state index contributed by atoms with van der Waals surface area (Å²) in [5, 5.41) is 2.89. The van der Waals surface area contributed by atoms with Crippen LogP contribution in [-0.2, 0) is 0 Å². The first-order chi connectivity index (χ1) is 15.7. The number of aromatic amines is 1. The number of methoxy groups -OCH3 is 1. The lowest BCUT2D eigenvalue weighted by molar-refractivity contribution is 0.102. The van der Waals surface area contributed by atoms with Gasteiger partial charge >= 0.3 is 5.69 Å². The maximum absolute atomic E-state index is 13.5. The maximum atomic E-state index is 13.5. The summed E-state index contributed by atoms with van der Waals surface area (Å²) in [7, 11) is 1.54. The van der Waals surface area contributed by atoms with Crippen molar-refractivity contribution >= 4 is 23.7 Å². The molecule has 0 saturated carbocycles. The highest BCUT2D eigenvalue weighted by atomic mass is 16.5. The molecule has 0 spiro atoms. The number of aromatic nitrogens is 2. The molecule has 0 aliphatic carbocycles. The van der Waals surface area contributed by atoms with Crippen molar-refractivity contribution in [2.45, 2.75) is 0 Å². The largest absolute Gasteiger partial charge is 0.495 e. The Morgan fingerprint density at radius 2 is 1.56 bits per heavy atom. The molecule has 0 aliphatic rings. The third-order valence-electron chi connectivity index (χ3n) is 4.83. The average molecular weight is 423 g/mol. The lowest BCUT2D eigenvalue weighted by atomic mass is 10.0. The Balaban J connectivity index is 1.84. The molecule has 0 aliphatic heterocycles. The molecule has 0 fully saturated rings. The van der Waals surface area contributed by atoms with Crippen LogP contribution in [0.15, 0.2) is 89.7 Å². The van der Waals surface area contributed by atoms with Crippen molar-refractivity contribution in [3.05, 3.63) is 112 Å². The van der Waals surface area contributed by atoms with Gasteiger partial charge in [0, 0.05) is 5.56 Å². The highest BCUT2D eigenvalue weighted by molar-refractivity contribution is 6.10. The first-order valence-corrected chi connectivity index (χ1v) is 10.0. The van der Waals surface area contributed by atoms with Crippen LogP contribution in [0.1, 0.15) is 21.6 Å². The number of H-pyrrole nitrogens is 1. The molecular weight excluding hydrogens is 402 g/mol. The fourth-order valence-corrected chi connectivity index (χ4v) is 3.33. The zero-order chi connectivity index (χ0) is 22.3. The van der Waals surface area contributed by atoms with Gasteiger partial charge in [0.25, 0.3) is 5.91 Å². The summed E-state index contributed by atoms with van der Waals surface area (Å²) in [4.78, 5) is 32.7. The van der Waals surface area contributed by atoms with Crippen LogP contribution in [0.2, 0.25) is 0 Å². The molecule has 2 N–H and O–H groups in total. The number of ether oxygens (including phenoxy) is 1. The molecule has 4 aromatic rings. The summed E-state index contributed by atoms with van der Waals surface area (Å²) in [6, 6.07) is 25.9. The second kappa shape index (κ2) is 9.57. The van der Waals surface area contributed by atoms with Gasteiger partial charge in [0.15, 0.2) is 0 Å². The summed E-state index contributed by atoms with van der Waals surface area (Å²) in [5.74, 6) is 0.116. The zero-order valence-electron chi connectivity index (χ0n) is 17.4. The summed E-state index contributed by atoms with van der Waals surface area (Å²) in [6.45, 7) is 0. The van der Waals surface area contributed by atoms with Gasteiger partial charge in [-0.25, -0.2) is 4.79 Å². The van der Waals surface area contributed by atoms with Crippen LogP contribution in [0.4, 0.5) is 5.69 Å². The number of carbonyl (C=O) groups is 1. The highest BCUT2D eigenvalue weighted by Crippen LogP contribution is 2.27. The number of para-hydroxylation sites is 2. The number of nitrogens with zero attached hydrogens (tertiary/aromatic N) is 1. The minimum absolute atomic E-state index is 0.258. The van der Waals surface area contributed by atoms with E-state index in [2.05, 4.69) is 15.3 Å². The molecule has 1 aromatic heterocycles. The monoisotopic (exact) mass is 423 g/mol. The van der Waals surface area contributed by atoms with Crippen LogP contribution in [0.25, 0.3) is 23.4 Å². The number of carbonyl (C=O) groups excluding carboxylic acids is 1. The van der Waals surface area contributed by atoms with Crippen LogP contribution in [-0.4, -0.2) is 23.0 Å². The molecule has 1 heterocycles. The summed E-state index contributed by atoms with van der Waals surface area (Å²) in [6.07, 6.45) is 3.54. The van der Waals surface area contributed by atoms with Crippen LogP contribution in [0.5, 0.6) is 5.75 Å². The highest BCUT2D eigenvalue weighted by Gasteiger charge is 2.21. The van der Waals surface area contributed by atoms with Gasteiger partial charge in [-0.1, -0.05) is 78.9 Å². The minimum atomic E-state index is -0.537. The van der Waals surface area contributed by atoms with E-state index in [4.69, 9.17) is 4.74 Å². The van der Waals surface area contributed by atoms with Crippen molar-refractivity contribution in [1.82, 2.24) is 9.97 Å². The topological polar surface area (TPSA) is 84.1 Å². The second-order valence-electron chi connectivity index (χ2n) is 6.94. The van der Waals surface area contributed by atoms with Crippen molar-refractivity contribution in [1.29, 1.82) is 0 Å². The average Bonchev–Trinajstić information content (AvgIpc) is 2.83. The number of anilines is 1. The second-order valence-corrected chi connectivity index (χ2v) is 6.94. The summed E-state index contributed by atoms with van der Waals surface area (Å²) in [5.41, 5.74) is 2.50. The van der Waals surface area contributed by atoms with Crippen molar-refractivity contribution in [3.8, 4) is 17.0 Å². The van der Waals surface area contributed by atoms with Gasteiger partial charge in [-0.15, -0.1) is 0 Å². The molecular formula is C26H21N3O3. The molecule has 6 nitrogen and oxygen atoms in total. The third kappa shape index (κ3) is 4.65. The molecule has 158 valence electrons. The Morgan fingerprint density at radius 1 is 0.906 bits per heavy atom. The number of rotatable bonds is 6. The lowest BCUT2D eigenvalue weighted by Crippen LogP contribution is -2.22. The Hall–Kier alpha value is -4.45. The van der Waals surface area contributed by atoms with Crippen LogP contribution in [0.3, 0.4) is 0 Å². The standard InChI is InChI=1S/C26H21N3O3/c1-32-22-15-9-8-14-20(22)27-25(30)23-21(17-16-18-10-4-2-5-11-18)28-26(31)29-24(23)19-12-6-3-7-13-19/h2-17H,1H3,(H,27,30)(H,28,29,31)/b17-16+. The van der Waals surface area contributed by atoms with Gasteiger partial charge in [0.05, 0.1) is 29.7 Å². The van der Waals surface area contributed by atoms with Gasteiger partial charge in [-0.3, -0.25) is 4.79 Å². The van der Waals surface area contributed by atoms with E-state index in [1.807, 2.05) is 72.8 Å².